The number of amides is 1. The lowest BCUT2D eigenvalue weighted by atomic mass is 10.2. The van der Waals surface area contributed by atoms with Crippen LogP contribution in [0.15, 0.2) is 24.3 Å². The molecule has 2 heterocycles. The lowest BCUT2D eigenvalue weighted by molar-refractivity contribution is 0.0951. The normalized spacial score (nSPS) is 11.8. The Morgan fingerprint density at radius 2 is 1.76 bits per heavy atom. The number of fused-ring (bicyclic) bond motifs is 2. The number of carbonyl (C=O) groups excluding carboxylic acids is 1. The third kappa shape index (κ3) is 3.29. The first kappa shape index (κ1) is 17.2. The number of hydrogen-bond donors (Lipinski definition) is 2. The molecule has 0 atom stereocenters. The van der Waals surface area contributed by atoms with E-state index < -0.39 is 0 Å². The zero-order valence-electron chi connectivity index (χ0n) is 15.2. The fraction of sp³-hybridized carbons (Fsp3) is 0.421. The molecule has 0 aliphatic carbocycles. The summed E-state index contributed by atoms with van der Waals surface area (Å²) in [5.41, 5.74) is 9.57. The van der Waals surface area contributed by atoms with Crippen molar-refractivity contribution in [2.45, 2.75) is 34.2 Å². The molecule has 0 fully saturated rings. The summed E-state index contributed by atoms with van der Waals surface area (Å²) in [5, 5.41) is 2.95. The maximum Gasteiger partial charge on any atom is 0.257 e. The molecule has 1 amide bonds. The largest absolute Gasteiger partial charge is 0.384 e. The first-order valence-electron chi connectivity index (χ1n) is 8.71. The van der Waals surface area contributed by atoms with Crippen LogP contribution in [-0.4, -0.2) is 27.0 Å². The predicted molar refractivity (Wildman–Crippen MR) is 101 cm³/mol. The van der Waals surface area contributed by atoms with E-state index in [4.69, 9.17) is 15.7 Å². The molecule has 0 bridgehead atoms. The number of nitrogens with one attached hydrogen (secondary N) is 1. The second-order valence-electron chi connectivity index (χ2n) is 7.25. The van der Waals surface area contributed by atoms with E-state index >= 15 is 0 Å². The highest BCUT2D eigenvalue weighted by molar-refractivity contribution is 6.10. The Hall–Kier alpha value is -2.63. The molecule has 6 nitrogen and oxygen atoms in total. The van der Waals surface area contributed by atoms with Gasteiger partial charge in [-0.1, -0.05) is 39.8 Å². The third-order valence-electron chi connectivity index (χ3n) is 4.04. The predicted octanol–water partition coefficient (Wildman–Crippen LogP) is 3.21. The summed E-state index contributed by atoms with van der Waals surface area (Å²) in [6.07, 6.45) is 0. The topological polar surface area (TPSA) is 85.8 Å². The Morgan fingerprint density at radius 1 is 1.12 bits per heavy atom. The average molecular weight is 339 g/mol. The van der Waals surface area contributed by atoms with E-state index in [1.54, 1.807) is 0 Å². The minimum absolute atomic E-state index is 0.191. The standard InChI is InChI=1S/C19H25N5O/c1-11(2)9-21-19(25)15-16-18(24(17(15)20)10-12(3)4)23-14-8-6-5-7-13(14)22-16/h5-8,11-12H,9-10,20H2,1-4H3,(H,21,25). The number of nitrogens with zero attached hydrogens (tertiary/aromatic N) is 3. The molecular formula is C19H25N5O. The van der Waals surface area contributed by atoms with Crippen molar-refractivity contribution in [1.29, 1.82) is 0 Å². The Morgan fingerprint density at radius 3 is 2.36 bits per heavy atom. The molecular weight excluding hydrogens is 314 g/mol. The van der Waals surface area contributed by atoms with E-state index in [-0.39, 0.29) is 5.91 Å². The van der Waals surface area contributed by atoms with Crippen LogP contribution >= 0.6 is 0 Å². The van der Waals surface area contributed by atoms with Crippen LogP contribution in [0.2, 0.25) is 0 Å². The van der Waals surface area contributed by atoms with Crippen LogP contribution in [0.1, 0.15) is 38.1 Å². The number of rotatable bonds is 5. The molecule has 0 unspecified atom stereocenters. The van der Waals surface area contributed by atoms with Gasteiger partial charge < -0.3 is 15.6 Å². The van der Waals surface area contributed by atoms with E-state index in [1.807, 2.05) is 28.8 Å². The summed E-state index contributed by atoms with van der Waals surface area (Å²) in [7, 11) is 0. The highest BCUT2D eigenvalue weighted by atomic mass is 16.1. The molecule has 25 heavy (non-hydrogen) atoms. The molecule has 0 aliphatic rings. The highest BCUT2D eigenvalue weighted by Crippen LogP contribution is 2.28. The van der Waals surface area contributed by atoms with Crippen LogP contribution in [0.25, 0.3) is 22.2 Å². The lowest BCUT2D eigenvalue weighted by Gasteiger charge is -2.10. The number of carbonyl (C=O) groups is 1. The second-order valence-corrected chi connectivity index (χ2v) is 7.25. The van der Waals surface area contributed by atoms with Crippen molar-refractivity contribution in [3.05, 3.63) is 29.8 Å². The molecule has 1 aromatic carbocycles. The average Bonchev–Trinajstić information content (AvgIpc) is 2.82. The SMILES string of the molecule is CC(C)CNC(=O)c1c(N)n(CC(C)C)c2nc3ccccc3nc12. The van der Waals surface area contributed by atoms with Gasteiger partial charge >= 0.3 is 0 Å². The number of nitrogen functional groups attached to an aromatic ring is 1. The number of para-hydroxylation sites is 2. The van der Waals surface area contributed by atoms with Crippen LogP contribution in [-0.2, 0) is 6.54 Å². The molecule has 0 radical (unpaired) electrons. The van der Waals surface area contributed by atoms with Crippen molar-refractivity contribution in [2.24, 2.45) is 11.8 Å². The molecule has 0 aliphatic heterocycles. The summed E-state index contributed by atoms with van der Waals surface area (Å²) in [6, 6.07) is 7.66. The van der Waals surface area contributed by atoms with Crippen molar-refractivity contribution < 1.29 is 4.79 Å². The van der Waals surface area contributed by atoms with Crippen molar-refractivity contribution in [1.82, 2.24) is 19.9 Å². The van der Waals surface area contributed by atoms with E-state index in [9.17, 15) is 4.79 Å². The van der Waals surface area contributed by atoms with Gasteiger partial charge in [0.1, 0.15) is 16.9 Å². The van der Waals surface area contributed by atoms with Gasteiger partial charge in [-0.15, -0.1) is 0 Å². The Balaban J connectivity index is 2.22. The molecule has 0 spiro atoms. The van der Waals surface area contributed by atoms with Crippen LogP contribution in [0.4, 0.5) is 5.82 Å². The van der Waals surface area contributed by atoms with Crippen LogP contribution in [0.5, 0.6) is 0 Å². The first-order valence-corrected chi connectivity index (χ1v) is 8.71. The van der Waals surface area contributed by atoms with E-state index in [0.29, 0.717) is 47.5 Å². The summed E-state index contributed by atoms with van der Waals surface area (Å²) >= 11 is 0. The van der Waals surface area contributed by atoms with Crippen LogP contribution in [0, 0.1) is 11.8 Å². The second kappa shape index (κ2) is 6.70. The van der Waals surface area contributed by atoms with E-state index in [1.165, 1.54) is 0 Å². The molecule has 2 aromatic heterocycles. The summed E-state index contributed by atoms with van der Waals surface area (Å²) < 4.78 is 1.91. The van der Waals surface area contributed by atoms with Crippen molar-refractivity contribution >= 4 is 33.9 Å². The monoisotopic (exact) mass is 339 g/mol. The van der Waals surface area contributed by atoms with Gasteiger partial charge in [0, 0.05) is 13.1 Å². The highest BCUT2D eigenvalue weighted by Gasteiger charge is 2.24. The van der Waals surface area contributed by atoms with Crippen LogP contribution in [0.3, 0.4) is 0 Å². The van der Waals surface area contributed by atoms with Crippen molar-refractivity contribution in [3.63, 3.8) is 0 Å². The zero-order chi connectivity index (χ0) is 18.1. The fourth-order valence-corrected chi connectivity index (χ4v) is 2.88. The molecule has 132 valence electrons. The maximum atomic E-state index is 12.7. The van der Waals surface area contributed by atoms with Crippen molar-refractivity contribution in [2.75, 3.05) is 12.3 Å². The quantitative estimate of drug-likeness (QED) is 0.747. The minimum atomic E-state index is -0.191. The number of benzene rings is 1. The van der Waals surface area contributed by atoms with Gasteiger partial charge in [0.2, 0.25) is 0 Å². The first-order chi connectivity index (χ1) is 11.9. The Labute approximate surface area is 147 Å². The van der Waals surface area contributed by atoms with Gasteiger partial charge in [0.05, 0.1) is 11.0 Å². The molecule has 3 rings (SSSR count). The van der Waals surface area contributed by atoms with Gasteiger partial charge in [-0.25, -0.2) is 9.97 Å². The molecule has 3 N–H and O–H groups in total. The Bertz CT molecular complexity index is 926. The van der Waals surface area contributed by atoms with Gasteiger partial charge in [-0.3, -0.25) is 4.79 Å². The third-order valence-corrected chi connectivity index (χ3v) is 4.04. The smallest absolute Gasteiger partial charge is 0.257 e. The van der Waals surface area contributed by atoms with E-state index in [2.05, 4.69) is 33.0 Å². The fourth-order valence-electron chi connectivity index (χ4n) is 2.88. The summed E-state index contributed by atoms with van der Waals surface area (Å²) in [4.78, 5) is 22.2. The number of nitrogens with two attached hydrogens (primary N) is 1. The van der Waals surface area contributed by atoms with Crippen molar-refractivity contribution in [3.8, 4) is 0 Å². The minimum Gasteiger partial charge on any atom is -0.384 e. The van der Waals surface area contributed by atoms with Gasteiger partial charge in [0.15, 0.2) is 5.65 Å². The molecule has 3 aromatic rings. The number of anilines is 1. The molecule has 0 saturated carbocycles. The number of aromatic nitrogens is 3. The van der Waals surface area contributed by atoms with E-state index in [0.717, 1.165) is 11.0 Å². The summed E-state index contributed by atoms with van der Waals surface area (Å²) in [5.74, 6) is 0.974. The van der Waals surface area contributed by atoms with Gasteiger partial charge in [-0.05, 0) is 24.0 Å². The van der Waals surface area contributed by atoms with Gasteiger partial charge in [-0.2, -0.15) is 0 Å². The molecule has 0 saturated heterocycles. The van der Waals surface area contributed by atoms with Crippen LogP contribution < -0.4 is 11.1 Å². The Kier molecular flexibility index (Phi) is 4.61. The zero-order valence-corrected chi connectivity index (χ0v) is 15.2. The maximum absolute atomic E-state index is 12.7. The summed E-state index contributed by atoms with van der Waals surface area (Å²) in [6.45, 7) is 9.61. The lowest BCUT2D eigenvalue weighted by Crippen LogP contribution is -2.28. The van der Waals surface area contributed by atoms with Gasteiger partial charge in [0.25, 0.3) is 5.91 Å². The molecule has 6 heteroatoms. The number of hydrogen-bond acceptors (Lipinski definition) is 4.